The van der Waals surface area contributed by atoms with Crippen LogP contribution in [0.5, 0.6) is 5.75 Å². The molecule has 0 aliphatic heterocycles. The Hall–Kier alpha value is -1.59. The normalized spacial score (nSPS) is 12.1. The highest BCUT2D eigenvalue weighted by Crippen LogP contribution is 2.30. The van der Waals surface area contributed by atoms with Gasteiger partial charge in [0.25, 0.3) is 0 Å². The molecule has 0 radical (unpaired) electrons. The molecular weight excluding hydrogens is 269 g/mol. The molecule has 0 saturated carbocycles. The topological polar surface area (TPSA) is 38.5 Å². The number of rotatable bonds is 5. The predicted molar refractivity (Wildman–Crippen MR) is 75.2 cm³/mol. The summed E-state index contributed by atoms with van der Waals surface area (Å²) in [7, 11) is 0. The minimum atomic E-state index is -4.27. The summed E-state index contributed by atoms with van der Waals surface area (Å²) in [5.41, 5.74) is 6.54. The fourth-order valence-electron chi connectivity index (χ4n) is 1.88. The van der Waals surface area contributed by atoms with Crippen LogP contribution in [-0.4, -0.2) is 24.9 Å². The van der Waals surface area contributed by atoms with Crippen LogP contribution in [0.2, 0.25) is 0 Å². The average Bonchev–Trinajstić information content (AvgIpc) is 2.22. The van der Waals surface area contributed by atoms with E-state index in [-0.39, 0.29) is 12.1 Å². The summed E-state index contributed by atoms with van der Waals surface area (Å²) in [4.78, 5) is 1.25. The zero-order valence-electron chi connectivity index (χ0n) is 12.2. The maximum Gasteiger partial charge on any atom is 0.405 e. The first-order chi connectivity index (χ1) is 9.08. The molecule has 0 amide bonds. The van der Waals surface area contributed by atoms with Gasteiger partial charge in [-0.2, -0.15) is 13.2 Å². The Labute approximate surface area is 117 Å². The van der Waals surface area contributed by atoms with E-state index in [1.54, 1.807) is 26.0 Å². The Kier molecular flexibility index (Phi) is 5.14. The molecule has 6 heteroatoms. The first kappa shape index (κ1) is 16.5. The van der Waals surface area contributed by atoms with Crippen molar-refractivity contribution in [2.75, 3.05) is 17.2 Å². The molecule has 1 aromatic carbocycles. The van der Waals surface area contributed by atoms with Gasteiger partial charge < -0.3 is 15.4 Å². The lowest BCUT2D eigenvalue weighted by molar-refractivity contribution is -0.120. The highest BCUT2D eigenvalue weighted by Gasteiger charge is 2.32. The summed E-state index contributed by atoms with van der Waals surface area (Å²) < 4.78 is 43.5. The van der Waals surface area contributed by atoms with E-state index in [1.807, 2.05) is 13.8 Å². The van der Waals surface area contributed by atoms with Crippen LogP contribution in [0.3, 0.4) is 0 Å². The first-order valence-corrected chi connectivity index (χ1v) is 6.49. The van der Waals surface area contributed by atoms with Crippen molar-refractivity contribution in [1.82, 2.24) is 0 Å². The number of anilines is 2. The molecule has 1 aromatic rings. The molecule has 3 nitrogen and oxygen atoms in total. The molecule has 1 rings (SSSR count). The van der Waals surface area contributed by atoms with Crippen LogP contribution in [0.15, 0.2) is 18.2 Å². The monoisotopic (exact) mass is 290 g/mol. The van der Waals surface area contributed by atoms with E-state index in [9.17, 15) is 13.2 Å². The maximum absolute atomic E-state index is 12.7. The van der Waals surface area contributed by atoms with Gasteiger partial charge in [-0.1, -0.05) is 0 Å². The molecule has 0 fully saturated rings. The van der Waals surface area contributed by atoms with E-state index in [2.05, 4.69) is 0 Å². The second-order valence-electron chi connectivity index (χ2n) is 5.26. The summed E-state index contributed by atoms with van der Waals surface area (Å²) in [6, 6.07) is 4.42. The molecule has 0 saturated heterocycles. The Morgan fingerprint density at radius 1 is 1.15 bits per heavy atom. The molecular formula is C14H21F3N2O. The van der Waals surface area contributed by atoms with Crippen LogP contribution in [0.25, 0.3) is 0 Å². The summed E-state index contributed by atoms with van der Waals surface area (Å²) in [5, 5.41) is 0. The lowest BCUT2D eigenvalue weighted by Crippen LogP contribution is -2.39. The van der Waals surface area contributed by atoms with Gasteiger partial charge in [-0.05, 0) is 33.8 Å². The van der Waals surface area contributed by atoms with Crippen molar-refractivity contribution in [1.29, 1.82) is 0 Å². The van der Waals surface area contributed by atoms with Crippen LogP contribution in [0, 0.1) is 0 Å². The Morgan fingerprint density at radius 3 is 2.20 bits per heavy atom. The van der Waals surface area contributed by atoms with E-state index < -0.39 is 12.7 Å². The summed E-state index contributed by atoms with van der Waals surface area (Å²) in [6.07, 6.45) is -4.34. The summed E-state index contributed by atoms with van der Waals surface area (Å²) in [5.74, 6) is 0.475. The third kappa shape index (κ3) is 5.19. The predicted octanol–water partition coefficient (Wildman–Crippen LogP) is 3.83. The number of nitrogens with zero attached hydrogens (tertiary/aromatic N) is 1. The van der Waals surface area contributed by atoms with E-state index in [1.165, 1.54) is 11.0 Å². The standard InChI is InChI=1S/C14H21F3N2O/c1-9(2)19(8-14(15,16)17)12-5-11(18)6-13(7-12)20-10(3)4/h5-7,9-10H,8,18H2,1-4H3. The highest BCUT2D eigenvalue weighted by molar-refractivity contribution is 5.61. The second kappa shape index (κ2) is 6.24. The molecule has 0 heterocycles. The van der Waals surface area contributed by atoms with E-state index in [0.717, 1.165) is 0 Å². The Bertz CT molecular complexity index is 445. The van der Waals surface area contributed by atoms with E-state index >= 15 is 0 Å². The first-order valence-electron chi connectivity index (χ1n) is 6.49. The van der Waals surface area contributed by atoms with Gasteiger partial charge >= 0.3 is 6.18 Å². The number of ether oxygens (including phenoxy) is 1. The number of alkyl halides is 3. The van der Waals surface area contributed by atoms with Crippen LogP contribution >= 0.6 is 0 Å². The third-order valence-electron chi connectivity index (χ3n) is 2.59. The highest BCUT2D eigenvalue weighted by atomic mass is 19.4. The van der Waals surface area contributed by atoms with Crippen molar-refractivity contribution < 1.29 is 17.9 Å². The SMILES string of the molecule is CC(C)Oc1cc(N)cc(N(CC(F)(F)F)C(C)C)c1. The smallest absolute Gasteiger partial charge is 0.405 e. The van der Waals surface area contributed by atoms with Crippen LogP contribution < -0.4 is 15.4 Å². The van der Waals surface area contributed by atoms with Crippen molar-refractivity contribution in [3.05, 3.63) is 18.2 Å². The van der Waals surface area contributed by atoms with Gasteiger partial charge in [0.2, 0.25) is 0 Å². The largest absolute Gasteiger partial charge is 0.491 e. The lowest BCUT2D eigenvalue weighted by atomic mass is 10.2. The van der Waals surface area contributed by atoms with Gasteiger partial charge in [0.1, 0.15) is 12.3 Å². The van der Waals surface area contributed by atoms with Crippen LogP contribution in [-0.2, 0) is 0 Å². The molecule has 0 aliphatic carbocycles. The average molecular weight is 290 g/mol. The minimum Gasteiger partial charge on any atom is -0.491 e. The molecule has 2 N–H and O–H groups in total. The number of nitrogens with two attached hydrogens (primary N) is 1. The summed E-state index contributed by atoms with van der Waals surface area (Å²) >= 11 is 0. The van der Waals surface area contributed by atoms with Gasteiger partial charge in [0, 0.05) is 29.5 Å². The molecule has 0 unspecified atom stereocenters. The molecule has 0 atom stereocenters. The van der Waals surface area contributed by atoms with Crippen molar-refractivity contribution in [3.8, 4) is 5.75 Å². The molecule has 0 aromatic heterocycles. The van der Waals surface area contributed by atoms with Crippen molar-refractivity contribution in [2.45, 2.75) is 46.0 Å². The maximum atomic E-state index is 12.7. The van der Waals surface area contributed by atoms with Gasteiger partial charge in [-0.25, -0.2) is 0 Å². The number of hydrogen-bond acceptors (Lipinski definition) is 3. The fraction of sp³-hybridized carbons (Fsp3) is 0.571. The molecule has 0 bridgehead atoms. The van der Waals surface area contributed by atoms with Gasteiger partial charge in [0.05, 0.1) is 6.10 Å². The van der Waals surface area contributed by atoms with Crippen molar-refractivity contribution in [2.24, 2.45) is 0 Å². The fourth-order valence-corrected chi connectivity index (χ4v) is 1.88. The Morgan fingerprint density at radius 2 is 1.75 bits per heavy atom. The molecule has 0 spiro atoms. The van der Waals surface area contributed by atoms with Gasteiger partial charge in [-0.15, -0.1) is 0 Å². The van der Waals surface area contributed by atoms with E-state index in [0.29, 0.717) is 17.1 Å². The Balaban J connectivity index is 3.10. The molecule has 114 valence electrons. The lowest BCUT2D eigenvalue weighted by Gasteiger charge is -2.30. The quantitative estimate of drug-likeness (QED) is 0.837. The molecule has 20 heavy (non-hydrogen) atoms. The number of nitrogen functional groups attached to an aromatic ring is 1. The number of benzene rings is 1. The number of hydrogen-bond donors (Lipinski definition) is 1. The third-order valence-corrected chi connectivity index (χ3v) is 2.59. The van der Waals surface area contributed by atoms with E-state index in [4.69, 9.17) is 10.5 Å². The van der Waals surface area contributed by atoms with Gasteiger partial charge in [0.15, 0.2) is 0 Å². The zero-order chi connectivity index (χ0) is 15.5. The number of halogens is 3. The zero-order valence-corrected chi connectivity index (χ0v) is 12.2. The van der Waals surface area contributed by atoms with Gasteiger partial charge in [-0.3, -0.25) is 0 Å². The van der Waals surface area contributed by atoms with Crippen molar-refractivity contribution in [3.63, 3.8) is 0 Å². The summed E-state index contributed by atoms with van der Waals surface area (Å²) in [6.45, 7) is 6.09. The van der Waals surface area contributed by atoms with Crippen LogP contribution in [0.4, 0.5) is 24.5 Å². The minimum absolute atomic E-state index is 0.0697. The molecule has 0 aliphatic rings. The van der Waals surface area contributed by atoms with Crippen molar-refractivity contribution >= 4 is 11.4 Å². The second-order valence-corrected chi connectivity index (χ2v) is 5.26. The van der Waals surface area contributed by atoms with Crippen LogP contribution in [0.1, 0.15) is 27.7 Å².